The predicted octanol–water partition coefficient (Wildman–Crippen LogP) is 2.32. The number of carbonyl (C=O) groups is 5. The second-order valence-electron chi connectivity index (χ2n) is 6.81. The van der Waals surface area contributed by atoms with E-state index in [2.05, 4.69) is 35.1 Å². The molecule has 0 spiro atoms. The Morgan fingerprint density at radius 3 is 1.43 bits per heavy atom. The van der Waals surface area contributed by atoms with Gasteiger partial charge >= 0.3 is 23.9 Å². The molecule has 0 saturated carbocycles. The summed E-state index contributed by atoms with van der Waals surface area (Å²) in [5.41, 5.74) is 0. The summed E-state index contributed by atoms with van der Waals surface area (Å²) in [6.07, 6.45) is -0.231. The van der Waals surface area contributed by atoms with Crippen LogP contribution < -0.4 is 0 Å². The molecule has 205 valence electrons. The van der Waals surface area contributed by atoms with E-state index < -0.39 is 24.4 Å². The normalized spacial score (nSPS) is 10.5. The Morgan fingerprint density at radius 1 is 0.771 bits per heavy atom. The first kappa shape index (κ1) is 36.9. The van der Waals surface area contributed by atoms with Crippen LogP contribution in [0, 0.1) is 6.92 Å². The summed E-state index contributed by atoms with van der Waals surface area (Å²) in [5.74, 6) is -2.88. The molecule has 0 aromatic rings. The summed E-state index contributed by atoms with van der Waals surface area (Å²) >= 11 is 0. The first-order valence-electron chi connectivity index (χ1n) is 12.0. The molecule has 1 N–H and O–H groups in total. The number of aliphatic carboxylic acids is 1. The number of hydrogen-bond donors (Lipinski definition) is 1. The van der Waals surface area contributed by atoms with E-state index in [0.29, 0.717) is 13.2 Å². The van der Waals surface area contributed by atoms with Crippen molar-refractivity contribution in [3.05, 3.63) is 6.92 Å². The molecular formula is C24H45N2O9. The number of carboxylic acids is 1. The lowest BCUT2D eigenvalue weighted by atomic mass is 10.1. The Balaban J connectivity index is -0.000000474. The third-order valence-electron chi connectivity index (χ3n) is 4.40. The van der Waals surface area contributed by atoms with E-state index in [1.165, 1.54) is 11.8 Å². The molecule has 11 heteroatoms. The fourth-order valence-electron chi connectivity index (χ4n) is 2.60. The largest absolute Gasteiger partial charge is 0.481 e. The molecule has 1 radical (unpaired) electrons. The van der Waals surface area contributed by atoms with Crippen LogP contribution in [0.1, 0.15) is 67.7 Å². The number of ether oxygens (including phenoxy) is 3. The maximum absolute atomic E-state index is 11.5. The molecule has 0 bridgehead atoms. The summed E-state index contributed by atoms with van der Waals surface area (Å²) in [6.45, 7) is 20.4. The minimum Gasteiger partial charge on any atom is -0.481 e. The van der Waals surface area contributed by atoms with Crippen molar-refractivity contribution in [1.82, 2.24) is 9.80 Å². The van der Waals surface area contributed by atoms with E-state index >= 15 is 0 Å². The second-order valence-corrected chi connectivity index (χ2v) is 6.81. The van der Waals surface area contributed by atoms with Crippen molar-refractivity contribution in [2.75, 3.05) is 46.0 Å². The van der Waals surface area contributed by atoms with Gasteiger partial charge in [-0.1, -0.05) is 13.8 Å². The van der Waals surface area contributed by atoms with Crippen molar-refractivity contribution in [3.63, 3.8) is 0 Å². The highest BCUT2D eigenvalue weighted by molar-refractivity contribution is 5.87. The van der Waals surface area contributed by atoms with Crippen LogP contribution in [0.2, 0.25) is 0 Å². The highest BCUT2D eigenvalue weighted by Gasteiger charge is 2.30. The third-order valence-corrected chi connectivity index (χ3v) is 4.40. The Morgan fingerprint density at radius 2 is 1.20 bits per heavy atom. The van der Waals surface area contributed by atoms with E-state index in [1.54, 1.807) is 27.7 Å². The number of carbonyl (C=O) groups excluding carboxylic acids is 4. The van der Waals surface area contributed by atoms with Crippen LogP contribution in [-0.2, 0) is 38.2 Å². The Bertz CT molecular complexity index is 584. The molecule has 0 heterocycles. The van der Waals surface area contributed by atoms with E-state index in [0.717, 1.165) is 19.6 Å². The Hall–Kier alpha value is -2.69. The minimum atomic E-state index is -1.14. The first-order chi connectivity index (χ1) is 16.5. The van der Waals surface area contributed by atoms with Gasteiger partial charge in [-0.3, -0.25) is 19.2 Å². The highest BCUT2D eigenvalue weighted by Crippen LogP contribution is 2.08. The lowest BCUT2D eigenvalue weighted by Gasteiger charge is -2.26. The van der Waals surface area contributed by atoms with Crippen molar-refractivity contribution in [1.29, 1.82) is 0 Å². The van der Waals surface area contributed by atoms with Crippen molar-refractivity contribution in [2.24, 2.45) is 0 Å². The highest BCUT2D eigenvalue weighted by atomic mass is 16.5. The SMILES string of the molecule is CCOC(=O)CCC(=O)OCC.CCOC(=O)[C@H](CC(=O)O)N(CC)C(C)=O.[CH2]CN(CC)CC. The first-order valence-corrected chi connectivity index (χ1v) is 12.0. The molecule has 0 aliphatic rings. The second kappa shape index (κ2) is 24.4. The Kier molecular flexibility index (Phi) is 25.7. The molecular weight excluding hydrogens is 460 g/mol. The minimum absolute atomic E-state index is 0.104. The molecule has 1 atom stereocenters. The number of esters is 3. The van der Waals surface area contributed by atoms with E-state index in [-0.39, 0.29) is 43.8 Å². The Labute approximate surface area is 210 Å². The zero-order chi connectivity index (χ0) is 27.8. The summed E-state index contributed by atoms with van der Waals surface area (Å²) in [7, 11) is 0. The molecule has 0 saturated heterocycles. The number of amides is 1. The molecule has 1 amide bonds. The summed E-state index contributed by atoms with van der Waals surface area (Å²) in [5, 5.41) is 8.68. The fraction of sp³-hybridized carbons (Fsp3) is 0.750. The number of likely N-dealkylation sites (N-methyl/N-ethyl adjacent to an activating group) is 1. The number of nitrogens with zero attached hydrogens (tertiary/aromatic N) is 2. The zero-order valence-corrected chi connectivity index (χ0v) is 22.5. The van der Waals surface area contributed by atoms with E-state index in [1.807, 2.05) is 0 Å². The van der Waals surface area contributed by atoms with Gasteiger partial charge in [0.05, 0.1) is 39.1 Å². The lowest BCUT2D eigenvalue weighted by molar-refractivity contribution is -0.157. The van der Waals surface area contributed by atoms with Crippen LogP contribution >= 0.6 is 0 Å². The van der Waals surface area contributed by atoms with E-state index in [9.17, 15) is 24.0 Å². The lowest BCUT2D eigenvalue weighted by Crippen LogP contribution is -2.46. The fourth-order valence-corrected chi connectivity index (χ4v) is 2.60. The van der Waals surface area contributed by atoms with Gasteiger partial charge in [-0.05, 0) is 54.3 Å². The van der Waals surface area contributed by atoms with Crippen LogP contribution in [-0.4, -0.2) is 96.7 Å². The summed E-state index contributed by atoms with van der Waals surface area (Å²) < 4.78 is 14.0. The molecule has 0 unspecified atom stereocenters. The van der Waals surface area contributed by atoms with Gasteiger partial charge in [-0.25, -0.2) is 4.79 Å². The van der Waals surface area contributed by atoms with Gasteiger partial charge in [-0.15, -0.1) is 0 Å². The van der Waals surface area contributed by atoms with Crippen molar-refractivity contribution < 1.29 is 43.3 Å². The molecule has 0 aliphatic carbocycles. The topological polar surface area (TPSA) is 140 Å². The van der Waals surface area contributed by atoms with Gasteiger partial charge in [0.25, 0.3) is 0 Å². The van der Waals surface area contributed by atoms with Gasteiger partial charge in [-0.2, -0.15) is 0 Å². The number of carboxylic acid groups (broad SMARTS) is 1. The van der Waals surface area contributed by atoms with Crippen molar-refractivity contribution >= 4 is 29.8 Å². The quantitative estimate of drug-likeness (QED) is 0.276. The maximum atomic E-state index is 11.5. The summed E-state index contributed by atoms with van der Waals surface area (Å²) in [4.78, 5) is 58.2. The zero-order valence-electron chi connectivity index (χ0n) is 22.5. The molecule has 0 aromatic carbocycles. The third kappa shape index (κ3) is 21.6. The molecule has 11 nitrogen and oxygen atoms in total. The summed E-state index contributed by atoms with van der Waals surface area (Å²) in [6, 6.07) is -1.04. The molecule has 0 rings (SSSR count). The number of rotatable bonds is 14. The average molecular weight is 506 g/mol. The average Bonchev–Trinajstić information content (AvgIpc) is 2.80. The van der Waals surface area contributed by atoms with Gasteiger partial charge in [0, 0.05) is 13.5 Å². The molecule has 0 aliphatic heterocycles. The van der Waals surface area contributed by atoms with Crippen molar-refractivity contribution in [2.45, 2.75) is 73.8 Å². The van der Waals surface area contributed by atoms with Crippen LogP contribution in [0.25, 0.3) is 0 Å². The molecule has 0 fully saturated rings. The van der Waals surface area contributed by atoms with Crippen LogP contribution in [0.4, 0.5) is 0 Å². The standard InChI is InChI=1S/C10H17NO5.C8H14O4.C6H14N/c1-4-11(7(3)12)8(6-9(13)14)10(15)16-5-2;1-3-11-7(9)5-6-8(10)12-4-2;1-4-7(5-2)6-3/h8H,4-6H2,1-3H3,(H,13,14);3-6H2,1-2H3;1,4-6H2,2-3H3/t8-;;/m0../s1. The van der Waals surface area contributed by atoms with Crippen LogP contribution in [0.3, 0.4) is 0 Å². The van der Waals surface area contributed by atoms with Gasteiger partial charge in [0.2, 0.25) is 5.91 Å². The molecule has 0 aromatic heterocycles. The maximum Gasteiger partial charge on any atom is 0.329 e. The van der Waals surface area contributed by atoms with E-state index in [4.69, 9.17) is 9.84 Å². The van der Waals surface area contributed by atoms with Gasteiger partial charge in [0.15, 0.2) is 0 Å². The van der Waals surface area contributed by atoms with Gasteiger partial charge in [0.1, 0.15) is 6.04 Å². The predicted molar refractivity (Wildman–Crippen MR) is 131 cm³/mol. The monoisotopic (exact) mass is 505 g/mol. The van der Waals surface area contributed by atoms with Crippen LogP contribution in [0.5, 0.6) is 0 Å². The van der Waals surface area contributed by atoms with Gasteiger partial charge < -0.3 is 29.1 Å². The van der Waals surface area contributed by atoms with Crippen molar-refractivity contribution in [3.8, 4) is 0 Å². The molecule has 35 heavy (non-hydrogen) atoms. The smallest absolute Gasteiger partial charge is 0.329 e. The number of hydrogen-bond acceptors (Lipinski definition) is 9. The van der Waals surface area contributed by atoms with Crippen LogP contribution in [0.15, 0.2) is 0 Å².